The van der Waals surface area contributed by atoms with Gasteiger partial charge in [-0.1, -0.05) is 45.1 Å². The van der Waals surface area contributed by atoms with Crippen LogP contribution in [0.3, 0.4) is 0 Å². The van der Waals surface area contributed by atoms with Crippen molar-refractivity contribution in [1.29, 1.82) is 15.8 Å². The molecule has 0 amide bonds. The van der Waals surface area contributed by atoms with Crippen LogP contribution >= 0.6 is 0 Å². The van der Waals surface area contributed by atoms with Crippen molar-refractivity contribution in [3.63, 3.8) is 0 Å². The molecule has 0 saturated heterocycles. The Morgan fingerprint density at radius 1 is 1.10 bits per heavy atom. The molecule has 0 aromatic heterocycles. The van der Waals surface area contributed by atoms with Crippen LogP contribution in [0.1, 0.15) is 38.3 Å². The van der Waals surface area contributed by atoms with Crippen molar-refractivity contribution in [3.05, 3.63) is 47.5 Å². The normalized spacial score (nSPS) is 12.6. The lowest BCUT2D eigenvalue weighted by molar-refractivity contribution is 0.546. The first-order valence-corrected chi connectivity index (χ1v) is 6.97. The molecule has 0 fully saturated rings. The molecule has 1 aromatic carbocycles. The van der Waals surface area contributed by atoms with Crippen LogP contribution in [0.4, 0.5) is 0 Å². The van der Waals surface area contributed by atoms with E-state index in [0.717, 1.165) is 12.0 Å². The molecule has 0 aliphatic carbocycles. The van der Waals surface area contributed by atoms with Crippen LogP contribution in [-0.2, 0) is 5.41 Å². The third kappa shape index (κ3) is 4.20. The molecule has 1 unspecified atom stereocenters. The van der Waals surface area contributed by atoms with E-state index in [4.69, 9.17) is 15.8 Å². The number of benzene rings is 1. The first-order chi connectivity index (χ1) is 9.98. The van der Waals surface area contributed by atoms with Gasteiger partial charge in [-0.05, 0) is 24.1 Å². The first-order valence-electron chi connectivity index (χ1n) is 6.97. The maximum absolute atomic E-state index is 8.99. The maximum atomic E-state index is 8.99. The van der Waals surface area contributed by atoms with E-state index >= 15 is 0 Å². The number of hydrogen-bond donors (Lipinski definition) is 0. The standard InChI is InChI=1S/C18H19N3/c1-4-15(16(12-20)13-21)9-10-18(2,3)17-7-5-14(11-19)6-8-17/h5-10,15-16H,4H2,1-3H3/b10-9+. The van der Waals surface area contributed by atoms with E-state index in [0.29, 0.717) is 5.56 Å². The third-order valence-corrected chi connectivity index (χ3v) is 3.70. The molecule has 0 radical (unpaired) electrons. The second-order valence-electron chi connectivity index (χ2n) is 5.58. The molecule has 0 bridgehead atoms. The molecular formula is C18H19N3. The van der Waals surface area contributed by atoms with Crippen LogP contribution in [0, 0.1) is 45.8 Å². The first kappa shape index (κ1) is 16.5. The van der Waals surface area contributed by atoms with Crippen LogP contribution in [-0.4, -0.2) is 0 Å². The van der Waals surface area contributed by atoms with E-state index in [9.17, 15) is 0 Å². The summed E-state index contributed by atoms with van der Waals surface area (Å²) in [5, 5.41) is 26.8. The van der Waals surface area contributed by atoms with E-state index in [1.165, 1.54) is 0 Å². The quantitative estimate of drug-likeness (QED) is 0.761. The van der Waals surface area contributed by atoms with Crippen molar-refractivity contribution < 1.29 is 0 Å². The number of allylic oxidation sites excluding steroid dienone is 2. The van der Waals surface area contributed by atoms with Gasteiger partial charge in [0, 0.05) is 11.3 Å². The van der Waals surface area contributed by atoms with Crippen molar-refractivity contribution in [3.8, 4) is 18.2 Å². The van der Waals surface area contributed by atoms with E-state index < -0.39 is 5.92 Å². The minimum Gasteiger partial charge on any atom is -0.197 e. The molecule has 3 heteroatoms. The Morgan fingerprint density at radius 2 is 1.67 bits per heavy atom. The van der Waals surface area contributed by atoms with Gasteiger partial charge in [-0.3, -0.25) is 0 Å². The summed E-state index contributed by atoms with van der Waals surface area (Å²) >= 11 is 0. The minimum atomic E-state index is -0.608. The van der Waals surface area contributed by atoms with Crippen molar-refractivity contribution >= 4 is 0 Å². The molecule has 0 heterocycles. The molecule has 3 nitrogen and oxygen atoms in total. The number of hydrogen-bond acceptors (Lipinski definition) is 3. The zero-order valence-corrected chi connectivity index (χ0v) is 12.7. The molecule has 0 aliphatic rings. The van der Waals surface area contributed by atoms with E-state index in [-0.39, 0.29) is 11.3 Å². The summed E-state index contributed by atoms with van der Waals surface area (Å²) in [6.45, 7) is 6.13. The van der Waals surface area contributed by atoms with E-state index in [1.807, 2.05) is 43.3 Å². The second-order valence-corrected chi connectivity index (χ2v) is 5.58. The summed E-state index contributed by atoms with van der Waals surface area (Å²) in [6.07, 6.45) is 4.77. The fourth-order valence-corrected chi connectivity index (χ4v) is 2.14. The Labute approximate surface area is 126 Å². The second kappa shape index (κ2) is 7.28. The van der Waals surface area contributed by atoms with Crippen molar-refractivity contribution in [2.45, 2.75) is 32.6 Å². The van der Waals surface area contributed by atoms with Crippen molar-refractivity contribution in [2.24, 2.45) is 11.8 Å². The average molecular weight is 277 g/mol. The Balaban J connectivity index is 2.97. The fourth-order valence-electron chi connectivity index (χ4n) is 2.14. The molecular weight excluding hydrogens is 258 g/mol. The third-order valence-electron chi connectivity index (χ3n) is 3.70. The van der Waals surface area contributed by atoms with Crippen molar-refractivity contribution in [1.82, 2.24) is 0 Å². The Kier molecular flexibility index (Phi) is 5.71. The predicted molar refractivity (Wildman–Crippen MR) is 81.8 cm³/mol. The van der Waals surface area contributed by atoms with Gasteiger partial charge in [0.1, 0.15) is 5.92 Å². The van der Waals surface area contributed by atoms with Crippen LogP contribution in [0.2, 0.25) is 0 Å². The molecule has 0 saturated carbocycles. The van der Waals surface area contributed by atoms with Gasteiger partial charge in [-0.25, -0.2) is 0 Å². The number of rotatable bonds is 5. The molecule has 1 rings (SSSR count). The molecule has 1 aromatic rings. The van der Waals surface area contributed by atoms with Gasteiger partial charge >= 0.3 is 0 Å². The zero-order valence-electron chi connectivity index (χ0n) is 12.7. The molecule has 1 atom stereocenters. The van der Waals surface area contributed by atoms with E-state index in [2.05, 4.69) is 19.9 Å². The maximum Gasteiger partial charge on any atom is 0.139 e. The lowest BCUT2D eigenvalue weighted by Crippen LogP contribution is -2.15. The summed E-state index contributed by atoms with van der Waals surface area (Å²) in [7, 11) is 0. The van der Waals surface area contributed by atoms with Gasteiger partial charge in [-0.15, -0.1) is 0 Å². The molecule has 0 spiro atoms. The monoisotopic (exact) mass is 277 g/mol. The Morgan fingerprint density at radius 3 is 2.10 bits per heavy atom. The molecule has 0 N–H and O–H groups in total. The Hall–Kier alpha value is -2.57. The molecule has 0 aliphatic heterocycles. The summed E-state index contributed by atoms with van der Waals surface area (Å²) < 4.78 is 0. The highest BCUT2D eigenvalue weighted by Gasteiger charge is 2.20. The van der Waals surface area contributed by atoms with Crippen LogP contribution in [0.15, 0.2) is 36.4 Å². The van der Waals surface area contributed by atoms with Crippen molar-refractivity contribution in [2.75, 3.05) is 0 Å². The highest BCUT2D eigenvalue weighted by molar-refractivity contribution is 5.36. The van der Waals surface area contributed by atoms with Gasteiger partial charge in [-0.2, -0.15) is 15.8 Å². The van der Waals surface area contributed by atoms with Gasteiger partial charge < -0.3 is 0 Å². The highest BCUT2D eigenvalue weighted by Crippen LogP contribution is 2.27. The van der Waals surface area contributed by atoms with Gasteiger partial charge in [0.25, 0.3) is 0 Å². The average Bonchev–Trinajstić information content (AvgIpc) is 2.51. The lowest BCUT2D eigenvalue weighted by atomic mass is 9.81. The zero-order chi connectivity index (χ0) is 15.9. The summed E-state index contributed by atoms with van der Waals surface area (Å²) in [5.74, 6) is -0.666. The van der Waals surface area contributed by atoms with Gasteiger partial charge in [0.15, 0.2) is 0 Å². The van der Waals surface area contributed by atoms with Crippen LogP contribution in [0.5, 0.6) is 0 Å². The fraction of sp³-hybridized carbons (Fsp3) is 0.389. The Bertz CT molecular complexity index is 604. The number of nitrogens with zero attached hydrogens (tertiary/aromatic N) is 3. The number of nitriles is 3. The van der Waals surface area contributed by atoms with Gasteiger partial charge in [0.05, 0.1) is 23.8 Å². The van der Waals surface area contributed by atoms with E-state index in [1.54, 1.807) is 12.1 Å². The highest BCUT2D eigenvalue weighted by atomic mass is 14.3. The lowest BCUT2D eigenvalue weighted by Gasteiger charge is -2.22. The van der Waals surface area contributed by atoms with Gasteiger partial charge in [0.2, 0.25) is 0 Å². The van der Waals surface area contributed by atoms with Crippen LogP contribution in [0.25, 0.3) is 0 Å². The summed E-state index contributed by atoms with van der Waals surface area (Å²) in [4.78, 5) is 0. The van der Waals surface area contributed by atoms with Crippen LogP contribution < -0.4 is 0 Å². The largest absolute Gasteiger partial charge is 0.197 e. The summed E-state index contributed by atoms with van der Waals surface area (Å²) in [6, 6.07) is 13.7. The smallest absolute Gasteiger partial charge is 0.139 e. The molecule has 21 heavy (non-hydrogen) atoms. The predicted octanol–water partition coefficient (Wildman–Crippen LogP) is 4.08. The summed E-state index contributed by atoms with van der Waals surface area (Å²) in [5.41, 5.74) is 1.52. The minimum absolute atomic E-state index is 0.0577. The molecule has 106 valence electrons. The topological polar surface area (TPSA) is 71.4 Å². The SMILES string of the molecule is CCC(/C=C/C(C)(C)c1ccc(C#N)cc1)C(C#N)C#N.